The highest BCUT2D eigenvalue weighted by atomic mass is 14.5. The summed E-state index contributed by atoms with van der Waals surface area (Å²) in [5.74, 6) is 1.66. The van der Waals surface area contributed by atoms with E-state index in [9.17, 15) is 0 Å². The van der Waals surface area contributed by atoms with Gasteiger partial charge in [-0.2, -0.15) is 0 Å². The molecular weight excluding hydrogens is 120 g/mol. The Kier molecular flexibility index (Phi) is 0.980. The monoisotopic (exact) mass is 134 g/mol. The van der Waals surface area contributed by atoms with Crippen LogP contribution >= 0.6 is 0 Å². The Morgan fingerprint density at radius 2 is 2.30 bits per heavy atom. The predicted molar refractivity (Wildman–Crippen MR) is 42.6 cm³/mol. The molecule has 0 aromatic rings. The highest BCUT2D eigenvalue weighted by Gasteiger charge is 2.48. The Morgan fingerprint density at radius 1 is 1.60 bits per heavy atom. The zero-order valence-electron chi connectivity index (χ0n) is 6.94. The van der Waals surface area contributed by atoms with Gasteiger partial charge in [0.05, 0.1) is 0 Å². The molecule has 10 heavy (non-hydrogen) atoms. The normalized spacial score (nSPS) is 40.5. The van der Waals surface area contributed by atoms with Crippen molar-refractivity contribution in [1.82, 2.24) is 0 Å². The second kappa shape index (κ2) is 1.57. The van der Waals surface area contributed by atoms with Crippen molar-refractivity contribution < 1.29 is 0 Å². The van der Waals surface area contributed by atoms with E-state index in [2.05, 4.69) is 32.6 Å². The minimum Gasteiger partial charge on any atom is -0.126 e. The number of hydrogen-bond acceptors (Lipinski definition) is 0. The van der Waals surface area contributed by atoms with Gasteiger partial charge in [-0.05, 0) is 42.2 Å². The smallest absolute Gasteiger partial charge is 0.00668 e. The molecule has 0 aliphatic heterocycles. The molecule has 3 aliphatic carbocycles. The topological polar surface area (TPSA) is 0 Å². The van der Waals surface area contributed by atoms with Gasteiger partial charge in [0, 0.05) is 0 Å². The molecule has 2 bridgehead atoms. The van der Waals surface area contributed by atoms with E-state index in [1.54, 1.807) is 0 Å². The van der Waals surface area contributed by atoms with E-state index in [-0.39, 0.29) is 0 Å². The van der Waals surface area contributed by atoms with Gasteiger partial charge in [-0.15, -0.1) is 5.73 Å². The van der Waals surface area contributed by atoms with E-state index in [1.165, 1.54) is 12.0 Å². The Labute approximate surface area is 62.6 Å². The van der Waals surface area contributed by atoms with E-state index >= 15 is 0 Å². The molecule has 1 fully saturated rings. The summed E-state index contributed by atoms with van der Waals surface area (Å²) in [5.41, 5.74) is 5.34. The van der Waals surface area contributed by atoms with Crippen LogP contribution in [0.3, 0.4) is 0 Å². The van der Waals surface area contributed by atoms with E-state index in [1.807, 2.05) is 0 Å². The molecule has 0 heteroatoms. The van der Waals surface area contributed by atoms with Crippen molar-refractivity contribution in [3.63, 3.8) is 0 Å². The van der Waals surface area contributed by atoms with Gasteiger partial charge in [-0.3, -0.25) is 0 Å². The second-order valence-corrected chi connectivity index (χ2v) is 4.21. The maximum atomic E-state index is 3.33. The molecule has 0 spiro atoms. The van der Waals surface area contributed by atoms with Crippen molar-refractivity contribution in [3.05, 3.63) is 17.4 Å². The van der Waals surface area contributed by atoms with Crippen LogP contribution in [0.5, 0.6) is 0 Å². The van der Waals surface area contributed by atoms with Gasteiger partial charge >= 0.3 is 0 Å². The zero-order valence-corrected chi connectivity index (χ0v) is 6.94. The minimum absolute atomic E-state index is 0.551. The summed E-state index contributed by atoms with van der Waals surface area (Å²) in [7, 11) is 0. The van der Waals surface area contributed by atoms with E-state index < -0.39 is 0 Å². The van der Waals surface area contributed by atoms with E-state index in [0.29, 0.717) is 5.41 Å². The molecule has 0 N–H and O–H groups in total. The van der Waals surface area contributed by atoms with Gasteiger partial charge in [0.15, 0.2) is 0 Å². The van der Waals surface area contributed by atoms with Gasteiger partial charge in [-0.1, -0.05) is 13.8 Å². The largest absolute Gasteiger partial charge is 0.126 e. The summed E-state index contributed by atoms with van der Waals surface area (Å²) in [6.07, 6.45) is 3.64. The maximum absolute atomic E-state index is 3.33. The fraction of sp³-hybridized carbons (Fsp3) is 0.700. The minimum atomic E-state index is 0.551. The molecule has 0 saturated heterocycles. The number of hydrogen-bond donors (Lipinski definition) is 0. The molecule has 2 atom stereocenters. The lowest BCUT2D eigenvalue weighted by atomic mass is 9.51. The van der Waals surface area contributed by atoms with Crippen LogP contribution in [0.4, 0.5) is 0 Å². The van der Waals surface area contributed by atoms with Gasteiger partial charge in [-0.25, -0.2) is 0 Å². The van der Waals surface area contributed by atoms with Crippen molar-refractivity contribution in [3.8, 4) is 0 Å². The lowest BCUT2D eigenvalue weighted by molar-refractivity contribution is 0.0332. The van der Waals surface area contributed by atoms with Crippen LogP contribution in [0.1, 0.15) is 27.2 Å². The SMILES string of the molecule is CC1=C=CC2CC1C2(C)C. The third-order valence-corrected chi connectivity index (χ3v) is 3.38. The van der Waals surface area contributed by atoms with Crippen LogP contribution in [-0.4, -0.2) is 0 Å². The second-order valence-electron chi connectivity index (χ2n) is 4.21. The van der Waals surface area contributed by atoms with E-state index in [0.717, 1.165) is 11.8 Å². The number of rotatable bonds is 0. The Morgan fingerprint density at radius 3 is 2.60 bits per heavy atom. The van der Waals surface area contributed by atoms with Gasteiger partial charge in [0.2, 0.25) is 0 Å². The van der Waals surface area contributed by atoms with Gasteiger partial charge in [0.1, 0.15) is 0 Å². The van der Waals surface area contributed by atoms with Gasteiger partial charge in [0.25, 0.3) is 0 Å². The van der Waals surface area contributed by atoms with Crippen LogP contribution in [-0.2, 0) is 0 Å². The molecule has 1 saturated carbocycles. The summed E-state index contributed by atoms with van der Waals surface area (Å²) in [6, 6.07) is 0. The van der Waals surface area contributed by atoms with Crippen molar-refractivity contribution in [1.29, 1.82) is 0 Å². The molecule has 0 aromatic heterocycles. The summed E-state index contributed by atoms with van der Waals surface area (Å²) >= 11 is 0. The highest BCUT2D eigenvalue weighted by Crippen LogP contribution is 2.56. The molecule has 2 unspecified atom stereocenters. The first-order valence-electron chi connectivity index (χ1n) is 4.05. The first kappa shape index (κ1) is 6.24. The third-order valence-electron chi connectivity index (χ3n) is 3.38. The Hall–Kier alpha value is -0.480. The molecule has 3 aliphatic rings. The Bertz CT molecular complexity index is 226. The molecule has 0 nitrogen and oxygen atoms in total. The summed E-state index contributed by atoms with van der Waals surface area (Å²) < 4.78 is 0. The number of allylic oxidation sites excluding steroid dienone is 1. The summed E-state index contributed by atoms with van der Waals surface area (Å²) in [5, 5.41) is 0. The molecule has 0 heterocycles. The first-order chi connectivity index (χ1) is 4.62. The van der Waals surface area contributed by atoms with Crippen molar-refractivity contribution in [2.45, 2.75) is 27.2 Å². The maximum Gasteiger partial charge on any atom is -0.00668 e. The van der Waals surface area contributed by atoms with Crippen LogP contribution in [0.15, 0.2) is 17.4 Å². The molecule has 0 aromatic carbocycles. The summed E-state index contributed by atoms with van der Waals surface area (Å²) in [6.45, 7) is 6.94. The van der Waals surface area contributed by atoms with Crippen molar-refractivity contribution in [2.24, 2.45) is 17.3 Å². The first-order valence-corrected chi connectivity index (χ1v) is 4.05. The average molecular weight is 134 g/mol. The molecule has 0 radical (unpaired) electrons. The highest BCUT2D eigenvalue weighted by molar-refractivity contribution is 5.23. The Balaban J connectivity index is 2.40. The molecule has 54 valence electrons. The van der Waals surface area contributed by atoms with Gasteiger partial charge < -0.3 is 0 Å². The fourth-order valence-corrected chi connectivity index (χ4v) is 2.31. The summed E-state index contributed by atoms with van der Waals surface area (Å²) in [4.78, 5) is 0. The van der Waals surface area contributed by atoms with Crippen LogP contribution in [0.25, 0.3) is 0 Å². The molecule has 0 amide bonds. The predicted octanol–water partition coefficient (Wildman–Crippen LogP) is 2.76. The van der Waals surface area contributed by atoms with E-state index in [4.69, 9.17) is 0 Å². The quantitative estimate of drug-likeness (QED) is 0.447. The third kappa shape index (κ3) is 0.532. The molecule has 3 rings (SSSR count). The van der Waals surface area contributed by atoms with Crippen molar-refractivity contribution in [2.75, 3.05) is 0 Å². The van der Waals surface area contributed by atoms with Crippen LogP contribution < -0.4 is 0 Å². The zero-order chi connectivity index (χ0) is 7.35. The lowest BCUT2D eigenvalue weighted by Gasteiger charge is -2.53. The molecular formula is C10H14. The standard InChI is InChI=1S/C10H14/c1-7-4-5-8-6-9(7)10(8,2)3/h5,8-9H,6H2,1-3H3. The van der Waals surface area contributed by atoms with Crippen molar-refractivity contribution >= 4 is 0 Å². The fourth-order valence-electron chi connectivity index (χ4n) is 2.31. The average Bonchev–Trinajstić information content (AvgIpc) is 1.87. The van der Waals surface area contributed by atoms with Crippen LogP contribution in [0.2, 0.25) is 0 Å². The van der Waals surface area contributed by atoms with Crippen LogP contribution in [0, 0.1) is 17.3 Å². The lowest BCUT2D eigenvalue weighted by Crippen LogP contribution is -2.45.